The first-order valence-electron chi connectivity index (χ1n) is 7.80. The van der Waals surface area contributed by atoms with Crippen LogP contribution in [-0.4, -0.2) is 0 Å². The number of allylic oxidation sites excluding steroid dienone is 1. The van der Waals surface area contributed by atoms with Crippen molar-refractivity contribution in [2.45, 2.75) is 12.8 Å². The first kappa shape index (κ1) is 15.0. The molecule has 3 aromatic rings. The molecule has 1 aliphatic rings. The van der Waals surface area contributed by atoms with Crippen molar-refractivity contribution in [3.63, 3.8) is 0 Å². The zero-order valence-corrected chi connectivity index (χ0v) is 13.4. The molecule has 0 aliphatic carbocycles. The summed E-state index contributed by atoms with van der Waals surface area (Å²) in [6, 6.07) is 16.8. The fourth-order valence-electron chi connectivity index (χ4n) is 3.29. The van der Waals surface area contributed by atoms with Gasteiger partial charge in [0.1, 0.15) is 17.2 Å². The molecule has 5 heteroatoms. The highest BCUT2D eigenvalue weighted by molar-refractivity contribution is 5.86. The van der Waals surface area contributed by atoms with E-state index in [4.69, 9.17) is 14.9 Å². The second-order valence-electron chi connectivity index (χ2n) is 5.91. The normalized spacial score (nSPS) is 16.2. The molecule has 0 fully saturated rings. The van der Waals surface area contributed by atoms with Crippen molar-refractivity contribution in [2.75, 3.05) is 0 Å². The van der Waals surface area contributed by atoms with Crippen LogP contribution in [0.25, 0.3) is 11.0 Å². The van der Waals surface area contributed by atoms with Crippen molar-refractivity contribution < 1.29 is 9.15 Å². The topological polar surface area (TPSA) is 89.3 Å². The molecule has 2 N–H and O–H groups in total. The number of hydrogen-bond acceptors (Lipinski definition) is 5. The molecule has 2 heterocycles. The van der Waals surface area contributed by atoms with Gasteiger partial charge in [-0.3, -0.25) is 0 Å². The number of fused-ring (bicyclic) bond motifs is 3. The van der Waals surface area contributed by atoms with E-state index in [1.54, 1.807) is 18.2 Å². The van der Waals surface area contributed by atoms with E-state index in [-0.39, 0.29) is 11.5 Å². The lowest BCUT2D eigenvalue weighted by molar-refractivity contribution is 0.388. The van der Waals surface area contributed by atoms with Gasteiger partial charge in [-0.15, -0.1) is 0 Å². The maximum Gasteiger partial charge on any atom is 0.344 e. The number of ether oxygens (including phenoxy) is 1. The van der Waals surface area contributed by atoms with E-state index >= 15 is 0 Å². The summed E-state index contributed by atoms with van der Waals surface area (Å²) < 4.78 is 11.2. The van der Waals surface area contributed by atoms with Crippen LogP contribution in [0.5, 0.6) is 5.75 Å². The molecule has 0 unspecified atom stereocenters. The van der Waals surface area contributed by atoms with Crippen LogP contribution in [0.1, 0.15) is 22.6 Å². The zero-order chi connectivity index (χ0) is 17.6. The van der Waals surface area contributed by atoms with Gasteiger partial charge < -0.3 is 14.9 Å². The monoisotopic (exact) mass is 330 g/mol. The Balaban J connectivity index is 2.12. The standard InChI is InChI=1S/C20H14N2O3/c1-11-6-2-3-7-12(11)16-14(10-21)19(22)25-18-13-8-4-5-9-15(13)24-20(23)17(16)18/h2-9,16H,22H2,1H3/t16-/m1/s1. The molecule has 0 bridgehead atoms. The summed E-state index contributed by atoms with van der Waals surface area (Å²) in [7, 11) is 0. The quantitative estimate of drug-likeness (QED) is 0.691. The zero-order valence-electron chi connectivity index (χ0n) is 13.4. The van der Waals surface area contributed by atoms with Gasteiger partial charge in [0.2, 0.25) is 5.88 Å². The number of para-hydroxylation sites is 1. The van der Waals surface area contributed by atoms with Gasteiger partial charge in [-0.2, -0.15) is 5.26 Å². The van der Waals surface area contributed by atoms with E-state index in [2.05, 4.69) is 6.07 Å². The Morgan fingerprint density at radius 3 is 2.60 bits per heavy atom. The first-order valence-corrected chi connectivity index (χ1v) is 7.80. The third kappa shape index (κ3) is 2.19. The number of nitrogens with two attached hydrogens (primary N) is 1. The van der Waals surface area contributed by atoms with E-state index in [0.29, 0.717) is 22.3 Å². The molecular weight excluding hydrogens is 316 g/mol. The van der Waals surface area contributed by atoms with Gasteiger partial charge >= 0.3 is 5.63 Å². The molecule has 0 radical (unpaired) electrons. The lowest BCUT2D eigenvalue weighted by Crippen LogP contribution is -2.26. The summed E-state index contributed by atoms with van der Waals surface area (Å²) in [5, 5.41) is 10.3. The van der Waals surface area contributed by atoms with Crippen molar-refractivity contribution in [3.05, 3.63) is 87.1 Å². The summed E-state index contributed by atoms with van der Waals surface area (Å²) >= 11 is 0. The minimum Gasteiger partial charge on any atom is -0.439 e. The Morgan fingerprint density at radius 2 is 1.84 bits per heavy atom. The predicted molar refractivity (Wildman–Crippen MR) is 93.0 cm³/mol. The van der Waals surface area contributed by atoms with E-state index < -0.39 is 11.5 Å². The molecule has 2 aromatic carbocycles. The Bertz CT molecular complexity index is 1140. The Hall–Kier alpha value is -3.52. The number of nitriles is 1. The minimum atomic E-state index is -0.615. The molecule has 0 spiro atoms. The second kappa shape index (κ2) is 5.53. The fraction of sp³-hybridized carbons (Fsp3) is 0.100. The molecule has 1 aliphatic heterocycles. The number of hydrogen-bond donors (Lipinski definition) is 1. The average Bonchev–Trinajstić information content (AvgIpc) is 2.61. The largest absolute Gasteiger partial charge is 0.439 e. The summed E-state index contributed by atoms with van der Waals surface area (Å²) in [6.07, 6.45) is 0. The summed E-state index contributed by atoms with van der Waals surface area (Å²) in [5.74, 6) is -0.244. The number of rotatable bonds is 1. The molecule has 5 nitrogen and oxygen atoms in total. The van der Waals surface area contributed by atoms with E-state index in [0.717, 1.165) is 11.1 Å². The molecule has 1 aromatic heterocycles. The van der Waals surface area contributed by atoms with Gasteiger partial charge in [-0.05, 0) is 30.2 Å². The number of nitrogens with zero attached hydrogens (tertiary/aromatic N) is 1. The van der Waals surface area contributed by atoms with E-state index in [1.807, 2.05) is 37.3 Å². The minimum absolute atomic E-state index is 0.0130. The average molecular weight is 330 g/mol. The van der Waals surface area contributed by atoms with Gasteiger partial charge in [-0.1, -0.05) is 36.4 Å². The Labute approximate surface area is 143 Å². The summed E-state index contributed by atoms with van der Waals surface area (Å²) in [5.41, 5.74) is 8.22. The van der Waals surface area contributed by atoms with Gasteiger partial charge in [0.25, 0.3) is 0 Å². The number of benzene rings is 2. The molecule has 25 heavy (non-hydrogen) atoms. The van der Waals surface area contributed by atoms with E-state index in [1.165, 1.54) is 0 Å². The van der Waals surface area contributed by atoms with Crippen LogP contribution in [-0.2, 0) is 0 Å². The maximum atomic E-state index is 12.7. The van der Waals surface area contributed by atoms with Crippen LogP contribution in [0.3, 0.4) is 0 Å². The molecular formula is C20H14N2O3. The van der Waals surface area contributed by atoms with Gasteiger partial charge in [0.05, 0.1) is 16.9 Å². The van der Waals surface area contributed by atoms with Crippen molar-refractivity contribution >= 4 is 11.0 Å². The summed E-state index contributed by atoms with van der Waals surface area (Å²) in [4.78, 5) is 12.7. The van der Waals surface area contributed by atoms with Crippen molar-refractivity contribution in [1.29, 1.82) is 5.26 Å². The molecule has 122 valence electrons. The molecule has 1 atom stereocenters. The first-order chi connectivity index (χ1) is 12.1. The Morgan fingerprint density at radius 1 is 1.12 bits per heavy atom. The highest BCUT2D eigenvalue weighted by Crippen LogP contribution is 2.44. The second-order valence-corrected chi connectivity index (χ2v) is 5.91. The highest BCUT2D eigenvalue weighted by atomic mass is 16.5. The van der Waals surface area contributed by atoms with Crippen molar-refractivity contribution in [2.24, 2.45) is 5.73 Å². The van der Waals surface area contributed by atoms with Crippen LogP contribution in [0.4, 0.5) is 0 Å². The van der Waals surface area contributed by atoms with Crippen molar-refractivity contribution in [3.8, 4) is 11.8 Å². The third-order valence-electron chi connectivity index (χ3n) is 4.47. The van der Waals surface area contributed by atoms with Crippen molar-refractivity contribution in [1.82, 2.24) is 0 Å². The van der Waals surface area contributed by atoms with Crippen LogP contribution in [0.15, 0.2) is 69.2 Å². The lowest BCUT2D eigenvalue weighted by Gasteiger charge is -2.26. The van der Waals surface area contributed by atoms with Crippen LogP contribution in [0, 0.1) is 18.3 Å². The molecule has 0 saturated carbocycles. The summed E-state index contributed by atoms with van der Waals surface area (Å²) in [6.45, 7) is 1.93. The maximum absolute atomic E-state index is 12.7. The molecule has 0 amide bonds. The lowest BCUT2D eigenvalue weighted by atomic mass is 9.82. The van der Waals surface area contributed by atoms with Gasteiger partial charge in [-0.25, -0.2) is 4.79 Å². The van der Waals surface area contributed by atoms with Gasteiger partial charge in [0.15, 0.2) is 5.75 Å². The predicted octanol–water partition coefficient (Wildman–Crippen LogP) is 3.32. The highest BCUT2D eigenvalue weighted by Gasteiger charge is 2.35. The van der Waals surface area contributed by atoms with Crippen LogP contribution >= 0.6 is 0 Å². The third-order valence-corrected chi connectivity index (χ3v) is 4.47. The van der Waals surface area contributed by atoms with Gasteiger partial charge in [0, 0.05) is 0 Å². The van der Waals surface area contributed by atoms with E-state index in [9.17, 15) is 10.1 Å². The van der Waals surface area contributed by atoms with Crippen LogP contribution < -0.4 is 16.1 Å². The number of aryl methyl sites for hydroxylation is 1. The fourth-order valence-corrected chi connectivity index (χ4v) is 3.29. The smallest absolute Gasteiger partial charge is 0.344 e. The molecule has 0 saturated heterocycles. The SMILES string of the molecule is Cc1ccccc1[C@@H]1C(C#N)=C(N)Oc2c1c(=O)oc1ccccc21. The molecule has 4 rings (SSSR count). The Kier molecular flexibility index (Phi) is 3.33. The van der Waals surface area contributed by atoms with Crippen LogP contribution in [0.2, 0.25) is 0 Å².